The highest BCUT2D eigenvalue weighted by molar-refractivity contribution is 7.99. The molecule has 0 aliphatic carbocycles. The fourth-order valence-electron chi connectivity index (χ4n) is 2.03. The van der Waals surface area contributed by atoms with Gasteiger partial charge in [-0.25, -0.2) is 0 Å². The molecule has 0 radical (unpaired) electrons. The fraction of sp³-hybridized carbons (Fsp3) is 0.462. The Morgan fingerprint density at radius 2 is 2.29 bits per heavy atom. The lowest BCUT2D eigenvalue weighted by Crippen LogP contribution is -2.46. The Morgan fingerprint density at radius 3 is 3.06 bits per heavy atom. The Balaban J connectivity index is 2.20. The van der Waals surface area contributed by atoms with Gasteiger partial charge in [0.15, 0.2) is 0 Å². The second kappa shape index (κ2) is 5.56. The minimum atomic E-state index is -0.365. The second-order valence-corrected chi connectivity index (χ2v) is 5.34. The maximum absolute atomic E-state index is 12.2. The third-order valence-corrected chi connectivity index (χ3v) is 3.95. The number of thioether (sulfide) groups is 1. The number of nitrogens with zero attached hydrogens (tertiary/aromatic N) is 1. The lowest BCUT2D eigenvalue weighted by molar-refractivity contribution is -0.120. The van der Waals surface area contributed by atoms with Gasteiger partial charge < -0.3 is 10.6 Å². The normalized spacial score (nSPS) is 16.5. The molecule has 1 aliphatic rings. The predicted molar refractivity (Wildman–Crippen MR) is 72.4 cm³/mol. The van der Waals surface area contributed by atoms with Crippen LogP contribution in [0.3, 0.4) is 0 Å². The summed E-state index contributed by atoms with van der Waals surface area (Å²) in [5.74, 6) is 1.00. The van der Waals surface area contributed by atoms with Gasteiger partial charge in [-0.15, -0.1) is 11.8 Å². The number of amides is 1. The minimum Gasteiger partial charge on any atom is -0.320 e. The number of anilines is 1. The molecule has 92 valence electrons. The molecule has 1 atom stereocenters. The molecule has 2 rings (SSSR count). The van der Waals surface area contributed by atoms with Crippen molar-refractivity contribution in [3.05, 3.63) is 24.3 Å². The Hall–Kier alpha value is -1.00. The van der Waals surface area contributed by atoms with Crippen LogP contribution in [0.1, 0.15) is 19.8 Å². The van der Waals surface area contributed by atoms with Crippen LogP contribution in [-0.4, -0.2) is 24.2 Å². The maximum Gasteiger partial charge on any atom is 0.243 e. The summed E-state index contributed by atoms with van der Waals surface area (Å²) in [4.78, 5) is 15.3. The smallest absolute Gasteiger partial charge is 0.243 e. The summed E-state index contributed by atoms with van der Waals surface area (Å²) in [7, 11) is 0. The molecule has 1 amide bonds. The van der Waals surface area contributed by atoms with Gasteiger partial charge in [-0.3, -0.25) is 4.79 Å². The molecule has 1 heterocycles. The number of fused-ring (bicyclic) bond motifs is 1. The van der Waals surface area contributed by atoms with Crippen molar-refractivity contribution >= 4 is 23.4 Å². The van der Waals surface area contributed by atoms with E-state index in [0.29, 0.717) is 0 Å². The summed E-state index contributed by atoms with van der Waals surface area (Å²) >= 11 is 1.80. The van der Waals surface area contributed by atoms with Crippen molar-refractivity contribution in [2.45, 2.75) is 30.7 Å². The van der Waals surface area contributed by atoms with Gasteiger partial charge in [0.25, 0.3) is 0 Å². The minimum absolute atomic E-state index is 0.0552. The maximum atomic E-state index is 12.2. The highest BCUT2D eigenvalue weighted by Gasteiger charge is 2.26. The van der Waals surface area contributed by atoms with Crippen LogP contribution in [0, 0.1) is 0 Å². The zero-order valence-electron chi connectivity index (χ0n) is 10.1. The molecule has 4 heteroatoms. The van der Waals surface area contributed by atoms with E-state index >= 15 is 0 Å². The highest BCUT2D eigenvalue weighted by atomic mass is 32.2. The number of carbonyl (C=O) groups excluding carboxylic acids is 1. The summed E-state index contributed by atoms with van der Waals surface area (Å²) in [6, 6.07) is 7.67. The number of para-hydroxylation sites is 1. The van der Waals surface area contributed by atoms with Gasteiger partial charge in [0.2, 0.25) is 5.91 Å². The van der Waals surface area contributed by atoms with Crippen LogP contribution in [-0.2, 0) is 4.79 Å². The molecule has 3 nitrogen and oxygen atoms in total. The number of carbonyl (C=O) groups is 1. The molecule has 1 aliphatic heterocycles. The molecule has 0 spiro atoms. The highest BCUT2D eigenvalue weighted by Crippen LogP contribution is 2.34. The summed E-state index contributed by atoms with van der Waals surface area (Å²) in [6.45, 7) is 2.81. The molecular weight excluding hydrogens is 232 g/mol. The van der Waals surface area contributed by atoms with Gasteiger partial charge in [0, 0.05) is 17.2 Å². The van der Waals surface area contributed by atoms with Crippen LogP contribution in [0.2, 0.25) is 0 Å². The van der Waals surface area contributed by atoms with Crippen LogP contribution in [0.4, 0.5) is 5.69 Å². The molecule has 0 saturated carbocycles. The summed E-state index contributed by atoms with van der Waals surface area (Å²) in [5.41, 5.74) is 6.93. The first-order valence-corrected chi connectivity index (χ1v) is 7.01. The van der Waals surface area contributed by atoms with Crippen molar-refractivity contribution in [3.8, 4) is 0 Å². The molecule has 1 aromatic rings. The van der Waals surface area contributed by atoms with E-state index in [4.69, 9.17) is 5.73 Å². The van der Waals surface area contributed by atoms with E-state index < -0.39 is 0 Å². The van der Waals surface area contributed by atoms with Gasteiger partial charge in [-0.1, -0.05) is 25.5 Å². The number of hydrogen-bond donors (Lipinski definition) is 1. The zero-order chi connectivity index (χ0) is 12.3. The van der Waals surface area contributed by atoms with E-state index in [1.54, 1.807) is 11.8 Å². The number of rotatable bonds is 3. The Bertz CT molecular complexity index is 408. The average Bonchev–Trinajstić information content (AvgIpc) is 2.37. The molecule has 0 bridgehead atoms. The second-order valence-electron chi connectivity index (χ2n) is 4.20. The summed E-state index contributed by atoms with van der Waals surface area (Å²) < 4.78 is 0. The van der Waals surface area contributed by atoms with Gasteiger partial charge in [-0.05, 0) is 18.6 Å². The third-order valence-electron chi connectivity index (χ3n) is 2.91. The number of hydrogen-bond acceptors (Lipinski definition) is 3. The van der Waals surface area contributed by atoms with E-state index in [9.17, 15) is 4.79 Å². The first kappa shape index (κ1) is 12.5. The largest absolute Gasteiger partial charge is 0.320 e. The van der Waals surface area contributed by atoms with Crippen LogP contribution in [0.25, 0.3) is 0 Å². The Morgan fingerprint density at radius 1 is 1.53 bits per heavy atom. The van der Waals surface area contributed by atoms with E-state index in [-0.39, 0.29) is 11.9 Å². The van der Waals surface area contributed by atoms with Gasteiger partial charge >= 0.3 is 0 Å². The third kappa shape index (κ3) is 2.64. The van der Waals surface area contributed by atoms with Crippen molar-refractivity contribution in [3.63, 3.8) is 0 Å². The van der Waals surface area contributed by atoms with E-state index in [1.165, 1.54) is 4.90 Å². The quantitative estimate of drug-likeness (QED) is 0.895. The first-order chi connectivity index (χ1) is 8.24. The van der Waals surface area contributed by atoms with Crippen LogP contribution >= 0.6 is 11.8 Å². The monoisotopic (exact) mass is 250 g/mol. The van der Waals surface area contributed by atoms with Crippen LogP contribution in [0.15, 0.2) is 29.2 Å². The molecule has 1 aromatic carbocycles. The summed E-state index contributed by atoms with van der Waals surface area (Å²) in [6.07, 6.45) is 1.70. The Labute approximate surface area is 106 Å². The number of benzene rings is 1. The van der Waals surface area contributed by atoms with E-state index in [1.807, 2.05) is 30.0 Å². The summed E-state index contributed by atoms with van der Waals surface area (Å²) in [5, 5.41) is 0. The SMILES string of the molecule is CCC[C@@H](N)C(=O)N1CCSc2ccccc21. The van der Waals surface area contributed by atoms with E-state index in [2.05, 4.69) is 6.07 Å². The average molecular weight is 250 g/mol. The van der Waals surface area contributed by atoms with Gasteiger partial charge in [0.05, 0.1) is 11.7 Å². The molecule has 0 unspecified atom stereocenters. The van der Waals surface area contributed by atoms with Crippen molar-refractivity contribution in [1.29, 1.82) is 0 Å². The van der Waals surface area contributed by atoms with Gasteiger partial charge in [0.1, 0.15) is 0 Å². The standard InChI is InChI=1S/C13H18N2OS/c1-2-5-10(14)13(16)15-8-9-17-12-7-4-3-6-11(12)15/h3-4,6-7,10H,2,5,8-9,14H2,1H3/t10-/m1/s1. The van der Waals surface area contributed by atoms with Crippen LogP contribution in [0.5, 0.6) is 0 Å². The lowest BCUT2D eigenvalue weighted by Gasteiger charge is -2.30. The Kier molecular flexibility index (Phi) is 4.07. The van der Waals surface area contributed by atoms with E-state index in [0.717, 1.165) is 30.8 Å². The predicted octanol–water partition coefficient (Wildman–Crippen LogP) is 2.25. The topological polar surface area (TPSA) is 46.3 Å². The lowest BCUT2D eigenvalue weighted by atomic mass is 10.1. The van der Waals surface area contributed by atoms with Crippen molar-refractivity contribution in [2.75, 3.05) is 17.2 Å². The van der Waals surface area contributed by atoms with Crippen molar-refractivity contribution in [2.24, 2.45) is 5.73 Å². The number of nitrogens with two attached hydrogens (primary N) is 1. The zero-order valence-corrected chi connectivity index (χ0v) is 10.9. The molecule has 0 saturated heterocycles. The van der Waals surface area contributed by atoms with Crippen molar-refractivity contribution in [1.82, 2.24) is 0 Å². The molecule has 17 heavy (non-hydrogen) atoms. The first-order valence-electron chi connectivity index (χ1n) is 6.03. The molecule has 0 fully saturated rings. The fourth-order valence-corrected chi connectivity index (χ4v) is 3.03. The van der Waals surface area contributed by atoms with Crippen molar-refractivity contribution < 1.29 is 4.79 Å². The molecular formula is C13H18N2OS. The molecule has 2 N–H and O–H groups in total. The van der Waals surface area contributed by atoms with Crippen LogP contribution < -0.4 is 10.6 Å². The molecule has 0 aromatic heterocycles. The van der Waals surface area contributed by atoms with Gasteiger partial charge in [-0.2, -0.15) is 0 Å².